The molecule has 0 rings (SSSR count). The topological polar surface area (TPSA) is 159 Å². The van der Waals surface area contributed by atoms with Gasteiger partial charge in [-0.1, -0.05) is 25.6 Å². The van der Waals surface area contributed by atoms with Gasteiger partial charge in [0.2, 0.25) is 5.91 Å². The SMILES string of the molecule is CC(=O)O[C@@H](C(=O)NCCC(=O)NCCSC(=O)CCC(=O)O)C(C)(C)CO. The van der Waals surface area contributed by atoms with Crippen LogP contribution in [0, 0.1) is 5.41 Å². The molecule has 0 bridgehead atoms. The number of aliphatic hydroxyl groups is 1. The predicted molar refractivity (Wildman–Crippen MR) is 101 cm³/mol. The molecule has 0 fully saturated rings. The highest BCUT2D eigenvalue weighted by molar-refractivity contribution is 8.13. The van der Waals surface area contributed by atoms with Crippen LogP contribution in [0.5, 0.6) is 0 Å². The van der Waals surface area contributed by atoms with Crippen molar-refractivity contribution in [3.05, 3.63) is 0 Å². The third kappa shape index (κ3) is 11.5. The molecule has 0 aliphatic heterocycles. The van der Waals surface area contributed by atoms with Crippen molar-refractivity contribution in [3.8, 4) is 0 Å². The van der Waals surface area contributed by atoms with E-state index in [4.69, 9.17) is 9.84 Å². The van der Waals surface area contributed by atoms with Crippen LogP contribution >= 0.6 is 11.8 Å². The van der Waals surface area contributed by atoms with Crippen LogP contribution in [0.4, 0.5) is 0 Å². The Balaban J connectivity index is 4.15. The van der Waals surface area contributed by atoms with Crippen LogP contribution in [0.1, 0.15) is 40.0 Å². The number of carbonyl (C=O) groups excluding carboxylic acids is 4. The third-order valence-corrected chi connectivity index (χ3v) is 4.46. The maximum Gasteiger partial charge on any atom is 0.303 e. The van der Waals surface area contributed by atoms with E-state index in [0.29, 0.717) is 5.75 Å². The van der Waals surface area contributed by atoms with E-state index in [-0.39, 0.29) is 50.0 Å². The highest BCUT2D eigenvalue weighted by Crippen LogP contribution is 2.23. The van der Waals surface area contributed by atoms with Gasteiger partial charge in [0, 0.05) is 44.0 Å². The van der Waals surface area contributed by atoms with Gasteiger partial charge in [0.1, 0.15) is 0 Å². The number of aliphatic hydroxyl groups excluding tert-OH is 1. The van der Waals surface area contributed by atoms with Crippen molar-refractivity contribution in [3.63, 3.8) is 0 Å². The molecular formula is C17H28N2O8S. The maximum atomic E-state index is 12.2. The van der Waals surface area contributed by atoms with Gasteiger partial charge in [0.25, 0.3) is 5.91 Å². The molecule has 28 heavy (non-hydrogen) atoms. The summed E-state index contributed by atoms with van der Waals surface area (Å²) in [7, 11) is 0. The molecule has 0 spiro atoms. The third-order valence-electron chi connectivity index (χ3n) is 3.52. The molecular weight excluding hydrogens is 392 g/mol. The number of nitrogens with one attached hydrogen (secondary N) is 2. The molecule has 4 N–H and O–H groups in total. The van der Waals surface area contributed by atoms with Gasteiger partial charge in [-0.05, 0) is 0 Å². The lowest BCUT2D eigenvalue weighted by atomic mass is 9.86. The van der Waals surface area contributed by atoms with Crippen LogP contribution in [0.2, 0.25) is 0 Å². The molecule has 0 heterocycles. The van der Waals surface area contributed by atoms with Gasteiger partial charge < -0.3 is 25.6 Å². The molecule has 0 aliphatic carbocycles. The number of ether oxygens (including phenoxy) is 1. The maximum absolute atomic E-state index is 12.2. The zero-order valence-corrected chi connectivity index (χ0v) is 17.1. The Hall–Kier alpha value is -2.14. The number of hydrogen-bond acceptors (Lipinski definition) is 8. The monoisotopic (exact) mass is 420 g/mol. The quantitative estimate of drug-likeness (QED) is 0.231. The summed E-state index contributed by atoms with van der Waals surface area (Å²) in [5.74, 6) is -2.33. The molecule has 11 heteroatoms. The lowest BCUT2D eigenvalue weighted by molar-refractivity contribution is -0.163. The Morgan fingerprint density at radius 1 is 1.04 bits per heavy atom. The van der Waals surface area contributed by atoms with Gasteiger partial charge in [-0.15, -0.1) is 0 Å². The van der Waals surface area contributed by atoms with Crippen LogP contribution in [0.15, 0.2) is 0 Å². The molecule has 10 nitrogen and oxygen atoms in total. The number of carbonyl (C=O) groups is 5. The van der Waals surface area contributed by atoms with Gasteiger partial charge in [0.15, 0.2) is 11.2 Å². The fourth-order valence-corrected chi connectivity index (χ4v) is 2.61. The summed E-state index contributed by atoms with van der Waals surface area (Å²) < 4.78 is 4.98. The van der Waals surface area contributed by atoms with Crippen molar-refractivity contribution >= 4 is 40.6 Å². The standard InChI is InChI=1S/C17H28N2O8S/c1-11(21)27-15(17(2,3)10-20)16(26)19-7-6-12(22)18-8-9-28-14(25)5-4-13(23)24/h15,20H,4-10H2,1-3H3,(H,18,22)(H,19,26)(H,23,24)/t15-/m0/s1. The lowest BCUT2D eigenvalue weighted by Crippen LogP contribution is -2.48. The van der Waals surface area contributed by atoms with Crippen molar-refractivity contribution in [2.75, 3.05) is 25.4 Å². The normalized spacial score (nSPS) is 12.0. The molecule has 0 aromatic rings. The molecule has 0 unspecified atom stereocenters. The summed E-state index contributed by atoms with van der Waals surface area (Å²) in [6.45, 7) is 4.16. The van der Waals surface area contributed by atoms with Crippen molar-refractivity contribution in [1.82, 2.24) is 10.6 Å². The summed E-state index contributed by atoms with van der Waals surface area (Å²) in [5, 5.41) is 22.7. The first-order valence-electron chi connectivity index (χ1n) is 8.69. The highest BCUT2D eigenvalue weighted by atomic mass is 32.2. The number of carboxylic acids is 1. The zero-order chi connectivity index (χ0) is 21.7. The van der Waals surface area contributed by atoms with Crippen molar-refractivity contribution in [2.24, 2.45) is 5.41 Å². The summed E-state index contributed by atoms with van der Waals surface area (Å²) in [5.41, 5.74) is -0.984. The number of aliphatic carboxylic acids is 1. The summed E-state index contributed by atoms with van der Waals surface area (Å²) in [6, 6.07) is 0. The lowest BCUT2D eigenvalue weighted by Gasteiger charge is -2.30. The van der Waals surface area contributed by atoms with Crippen LogP contribution < -0.4 is 10.6 Å². The van der Waals surface area contributed by atoms with Crippen molar-refractivity contribution in [2.45, 2.75) is 46.1 Å². The second-order valence-electron chi connectivity index (χ2n) is 6.64. The Bertz CT molecular complexity index is 580. The summed E-state index contributed by atoms with van der Waals surface area (Å²) in [6.07, 6.45) is -1.49. The fourth-order valence-electron chi connectivity index (χ4n) is 1.93. The van der Waals surface area contributed by atoms with E-state index in [9.17, 15) is 29.1 Å². The minimum Gasteiger partial charge on any atom is -0.481 e. The predicted octanol–water partition coefficient (Wildman–Crippen LogP) is -0.316. The molecule has 0 saturated heterocycles. The molecule has 1 atom stereocenters. The Kier molecular flexibility index (Phi) is 12.1. The largest absolute Gasteiger partial charge is 0.481 e. The Morgan fingerprint density at radius 3 is 2.21 bits per heavy atom. The molecule has 0 aliphatic rings. The first-order chi connectivity index (χ1) is 13.0. The number of carboxylic acid groups (broad SMARTS) is 1. The van der Waals surface area contributed by atoms with E-state index in [1.54, 1.807) is 13.8 Å². The van der Waals surface area contributed by atoms with E-state index < -0.39 is 29.4 Å². The van der Waals surface area contributed by atoms with Crippen LogP contribution in [-0.2, 0) is 28.7 Å². The first-order valence-corrected chi connectivity index (χ1v) is 9.68. The number of thioether (sulfide) groups is 1. The van der Waals surface area contributed by atoms with Gasteiger partial charge in [0.05, 0.1) is 13.0 Å². The molecule has 0 saturated carbocycles. The Morgan fingerprint density at radius 2 is 1.68 bits per heavy atom. The van der Waals surface area contributed by atoms with E-state index in [1.807, 2.05) is 0 Å². The van der Waals surface area contributed by atoms with Gasteiger partial charge in [-0.3, -0.25) is 24.0 Å². The van der Waals surface area contributed by atoms with Crippen LogP contribution in [0.25, 0.3) is 0 Å². The number of rotatable bonds is 13. The highest BCUT2D eigenvalue weighted by Gasteiger charge is 2.37. The minimum absolute atomic E-state index is 0.00856. The number of esters is 1. The number of amides is 2. The summed E-state index contributed by atoms with van der Waals surface area (Å²) >= 11 is 0.945. The zero-order valence-electron chi connectivity index (χ0n) is 16.3. The second-order valence-corrected chi connectivity index (χ2v) is 7.79. The van der Waals surface area contributed by atoms with E-state index in [0.717, 1.165) is 18.7 Å². The van der Waals surface area contributed by atoms with Gasteiger partial charge >= 0.3 is 11.9 Å². The van der Waals surface area contributed by atoms with Crippen molar-refractivity contribution < 1.29 is 38.9 Å². The fraction of sp³-hybridized carbons (Fsp3) is 0.706. The minimum atomic E-state index is -1.19. The van der Waals surface area contributed by atoms with Crippen molar-refractivity contribution in [1.29, 1.82) is 0 Å². The molecule has 2 amide bonds. The second kappa shape index (κ2) is 13.1. The van der Waals surface area contributed by atoms with Crippen LogP contribution in [-0.4, -0.2) is 70.6 Å². The summed E-state index contributed by atoms with van der Waals surface area (Å²) in [4.78, 5) is 56.8. The van der Waals surface area contributed by atoms with E-state index in [1.165, 1.54) is 0 Å². The average Bonchev–Trinajstić information content (AvgIpc) is 2.61. The molecule has 0 radical (unpaired) electrons. The average molecular weight is 420 g/mol. The number of hydrogen-bond donors (Lipinski definition) is 4. The first kappa shape index (κ1) is 25.9. The molecule has 160 valence electrons. The van der Waals surface area contributed by atoms with E-state index in [2.05, 4.69) is 10.6 Å². The van der Waals surface area contributed by atoms with Gasteiger partial charge in [-0.25, -0.2) is 0 Å². The smallest absolute Gasteiger partial charge is 0.303 e. The van der Waals surface area contributed by atoms with Gasteiger partial charge in [-0.2, -0.15) is 0 Å². The molecule has 0 aromatic carbocycles. The van der Waals surface area contributed by atoms with E-state index >= 15 is 0 Å². The Labute approximate surface area is 167 Å². The molecule has 0 aromatic heterocycles. The van der Waals surface area contributed by atoms with Crippen LogP contribution in [0.3, 0.4) is 0 Å².